The number of aryl methyl sites for hydroxylation is 1. The number of Topliss-reactive ketones (excluding diaryl/α,β-unsaturated/α-hetero) is 1. The van der Waals surface area contributed by atoms with Crippen molar-refractivity contribution < 1.29 is 33.7 Å². The first-order valence-corrected chi connectivity index (χ1v) is 13.6. The van der Waals surface area contributed by atoms with E-state index in [2.05, 4.69) is 25.4 Å². The summed E-state index contributed by atoms with van der Waals surface area (Å²) in [5.41, 5.74) is 2.24. The number of hydrogen-bond donors (Lipinski definition) is 1. The second-order valence-corrected chi connectivity index (χ2v) is 10.6. The van der Waals surface area contributed by atoms with Crippen LogP contribution in [0.1, 0.15) is 57.9 Å². The lowest BCUT2D eigenvalue weighted by molar-refractivity contribution is -0.132. The number of nitrogens with zero attached hydrogens (tertiary/aromatic N) is 2. The van der Waals surface area contributed by atoms with Crippen LogP contribution in [0, 0.1) is 6.92 Å². The topological polar surface area (TPSA) is 115 Å². The molecule has 1 amide bonds. The average molecular weight is 561 g/mol. The Kier molecular flexibility index (Phi) is 7.44. The first kappa shape index (κ1) is 27.1. The SMILES string of the molecule is C=CCOC(=O)c1sc(N2C(=O)C(=O)C(=C(O)c3ccc4c(c3)OCCO4)[C@H]2c2ccc(C(C)C)cc2)nc1C. The lowest BCUT2D eigenvalue weighted by Crippen LogP contribution is -2.29. The van der Waals surface area contributed by atoms with E-state index in [0.717, 1.165) is 16.9 Å². The highest BCUT2D eigenvalue weighted by Gasteiger charge is 2.48. The summed E-state index contributed by atoms with van der Waals surface area (Å²) in [6.07, 6.45) is 1.45. The van der Waals surface area contributed by atoms with Crippen molar-refractivity contribution in [3.8, 4) is 11.5 Å². The monoisotopic (exact) mass is 560 g/mol. The molecule has 0 bridgehead atoms. The summed E-state index contributed by atoms with van der Waals surface area (Å²) >= 11 is 0.948. The Morgan fingerprint density at radius 1 is 1.18 bits per heavy atom. The second-order valence-electron chi connectivity index (χ2n) is 9.65. The summed E-state index contributed by atoms with van der Waals surface area (Å²) in [7, 11) is 0. The minimum Gasteiger partial charge on any atom is -0.507 e. The number of carbonyl (C=O) groups excluding carboxylic acids is 3. The number of aromatic nitrogens is 1. The molecule has 0 unspecified atom stereocenters. The van der Waals surface area contributed by atoms with Gasteiger partial charge >= 0.3 is 11.9 Å². The molecular formula is C30H28N2O7S. The Morgan fingerprint density at radius 3 is 2.55 bits per heavy atom. The number of benzene rings is 2. The number of aliphatic hydroxyl groups is 1. The summed E-state index contributed by atoms with van der Waals surface area (Å²) in [6.45, 7) is 10.1. The first-order valence-electron chi connectivity index (χ1n) is 12.8. The molecule has 5 rings (SSSR count). The van der Waals surface area contributed by atoms with E-state index in [0.29, 0.717) is 41.5 Å². The van der Waals surface area contributed by atoms with Gasteiger partial charge in [-0.25, -0.2) is 9.78 Å². The zero-order valence-corrected chi connectivity index (χ0v) is 23.1. The smallest absolute Gasteiger partial charge is 0.350 e. The molecular weight excluding hydrogens is 532 g/mol. The molecule has 0 radical (unpaired) electrons. The van der Waals surface area contributed by atoms with Crippen molar-refractivity contribution in [1.82, 2.24) is 4.98 Å². The standard InChI is InChI=1S/C30H28N2O7S/c1-5-12-39-29(36)27-17(4)31-30(40-27)32-24(19-8-6-18(7-9-19)16(2)3)23(26(34)28(32)35)25(33)20-10-11-21-22(15-20)38-14-13-37-21/h5-11,15-16,24,33H,1,12-14H2,2-4H3/t24-/m1/s1. The molecule has 2 aliphatic rings. The Balaban J connectivity index is 1.65. The fourth-order valence-corrected chi connectivity index (χ4v) is 5.62. The average Bonchev–Trinajstić information content (AvgIpc) is 3.47. The van der Waals surface area contributed by atoms with Gasteiger partial charge in [0.05, 0.1) is 17.3 Å². The molecule has 0 aliphatic carbocycles. The summed E-state index contributed by atoms with van der Waals surface area (Å²) < 4.78 is 16.4. The van der Waals surface area contributed by atoms with E-state index < -0.39 is 23.7 Å². The van der Waals surface area contributed by atoms with Crippen molar-refractivity contribution in [3.63, 3.8) is 0 Å². The Morgan fingerprint density at radius 2 is 1.88 bits per heavy atom. The fourth-order valence-electron chi connectivity index (χ4n) is 4.63. The van der Waals surface area contributed by atoms with Gasteiger partial charge < -0.3 is 19.3 Å². The molecule has 3 aromatic rings. The summed E-state index contributed by atoms with van der Waals surface area (Å²) in [5, 5.41) is 11.6. The number of carbonyl (C=O) groups is 3. The highest BCUT2D eigenvalue weighted by molar-refractivity contribution is 7.17. The minimum atomic E-state index is -0.989. The van der Waals surface area contributed by atoms with Crippen molar-refractivity contribution >= 4 is 39.9 Å². The number of amides is 1. The van der Waals surface area contributed by atoms with Gasteiger partial charge in [-0.3, -0.25) is 14.5 Å². The summed E-state index contributed by atoms with van der Waals surface area (Å²) in [6, 6.07) is 11.4. The van der Waals surface area contributed by atoms with Gasteiger partial charge in [0.25, 0.3) is 5.78 Å². The number of fused-ring (bicyclic) bond motifs is 1. The number of ketones is 1. The third kappa shape index (κ3) is 4.86. The van der Waals surface area contributed by atoms with E-state index in [4.69, 9.17) is 14.2 Å². The minimum absolute atomic E-state index is 0.0216. The summed E-state index contributed by atoms with van der Waals surface area (Å²) in [4.78, 5) is 45.5. The van der Waals surface area contributed by atoms with Crippen LogP contribution in [-0.4, -0.2) is 47.6 Å². The molecule has 9 nitrogen and oxygen atoms in total. The van der Waals surface area contributed by atoms with Crippen molar-refractivity contribution in [1.29, 1.82) is 0 Å². The Bertz CT molecular complexity index is 1540. The predicted octanol–water partition coefficient (Wildman–Crippen LogP) is 5.32. The fraction of sp³-hybridized carbons (Fsp3) is 0.267. The number of aliphatic hydroxyl groups excluding tert-OH is 1. The second kappa shape index (κ2) is 11.0. The van der Waals surface area contributed by atoms with Crippen molar-refractivity contribution in [3.05, 3.63) is 88.0 Å². The van der Waals surface area contributed by atoms with Crippen LogP contribution in [0.4, 0.5) is 5.13 Å². The van der Waals surface area contributed by atoms with Crippen molar-refractivity contribution in [2.24, 2.45) is 0 Å². The summed E-state index contributed by atoms with van der Waals surface area (Å²) in [5.74, 6) is -1.46. The van der Waals surface area contributed by atoms with Gasteiger partial charge in [0.2, 0.25) is 0 Å². The number of esters is 1. The maximum Gasteiger partial charge on any atom is 0.350 e. The zero-order valence-electron chi connectivity index (χ0n) is 22.3. The van der Waals surface area contributed by atoms with Crippen LogP contribution in [0.25, 0.3) is 5.76 Å². The normalized spacial score (nSPS) is 17.8. The number of thiazole rings is 1. The zero-order chi connectivity index (χ0) is 28.6. The first-order chi connectivity index (χ1) is 19.2. The molecule has 206 valence electrons. The molecule has 10 heteroatoms. The molecule has 1 atom stereocenters. The van der Waals surface area contributed by atoms with E-state index in [1.54, 1.807) is 25.1 Å². The van der Waals surface area contributed by atoms with Gasteiger partial charge in [0, 0.05) is 5.56 Å². The maximum absolute atomic E-state index is 13.5. The predicted molar refractivity (Wildman–Crippen MR) is 150 cm³/mol. The van der Waals surface area contributed by atoms with E-state index >= 15 is 0 Å². The van der Waals surface area contributed by atoms with Crippen LogP contribution >= 0.6 is 11.3 Å². The molecule has 40 heavy (non-hydrogen) atoms. The van der Waals surface area contributed by atoms with Crippen molar-refractivity contribution in [2.45, 2.75) is 32.7 Å². The van der Waals surface area contributed by atoms with E-state index in [9.17, 15) is 19.5 Å². The third-order valence-electron chi connectivity index (χ3n) is 6.69. The van der Waals surface area contributed by atoms with Crippen LogP contribution in [0.2, 0.25) is 0 Å². The Labute approximate surface area is 235 Å². The lowest BCUT2D eigenvalue weighted by Gasteiger charge is -2.24. The number of anilines is 1. The van der Waals surface area contributed by atoms with Gasteiger partial charge in [0.1, 0.15) is 30.5 Å². The number of ether oxygens (including phenoxy) is 3. The van der Waals surface area contributed by atoms with Crippen LogP contribution in [-0.2, 0) is 14.3 Å². The van der Waals surface area contributed by atoms with Gasteiger partial charge in [-0.2, -0.15) is 0 Å². The van der Waals surface area contributed by atoms with Crippen LogP contribution in [0.3, 0.4) is 0 Å². The molecule has 1 aromatic heterocycles. The molecule has 3 heterocycles. The van der Waals surface area contributed by atoms with E-state index in [1.807, 2.05) is 24.3 Å². The van der Waals surface area contributed by atoms with Gasteiger partial charge in [0.15, 0.2) is 16.6 Å². The van der Waals surface area contributed by atoms with Gasteiger partial charge in [-0.1, -0.05) is 62.1 Å². The largest absolute Gasteiger partial charge is 0.507 e. The number of hydrogen-bond acceptors (Lipinski definition) is 9. The highest BCUT2D eigenvalue weighted by Crippen LogP contribution is 2.45. The molecule has 0 saturated carbocycles. The molecule has 1 N–H and O–H groups in total. The maximum atomic E-state index is 13.5. The third-order valence-corrected chi connectivity index (χ3v) is 7.82. The number of rotatable bonds is 7. The molecule has 1 fully saturated rings. The van der Waals surface area contributed by atoms with Crippen LogP contribution in [0.15, 0.2) is 60.7 Å². The van der Waals surface area contributed by atoms with E-state index in [-0.39, 0.29) is 33.9 Å². The van der Waals surface area contributed by atoms with E-state index in [1.165, 1.54) is 11.0 Å². The van der Waals surface area contributed by atoms with Gasteiger partial charge in [-0.05, 0) is 42.2 Å². The molecule has 2 aliphatic heterocycles. The van der Waals surface area contributed by atoms with Crippen LogP contribution < -0.4 is 14.4 Å². The highest BCUT2D eigenvalue weighted by atomic mass is 32.1. The molecule has 0 spiro atoms. The lowest BCUT2D eigenvalue weighted by atomic mass is 9.93. The van der Waals surface area contributed by atoms with Crippen molar-refractivity contribution in [2.75, 3.05) is 24.7 Å². The molecule has 2 aromatic carbocycles. The Hall–Kier alpha value is -4.44. The molecule has 1 saturated heterocycles. The van der Waals surface area contributed by atoms with Gasteiger partial charge in [-0.15, -0.1) is 0 Å². The van der Waals surface area contributed by atoms with Crippen LogP contribution in [0.5, 0.6) is 11.5 Å². The quantitative estimate of drug-likeness (QED) is 0.136.